The summed E-state index contributed by atoms with van der Waals surface area (Å²) in [5, 5.41) is 0. The van der Waals surface area contributed by atoms with E-state index in [2.05, 4.69) is 0 Å². The Bertz CT molecular complexity index is 801. The van der Waals surface area contributed by atoms with Crippen LogP contribution in [0.3, 0.4) is 0 Å². The molecule has 0 spiro atoms. The minimum Gasteiger partial charge on any atom is -0.494 e. The van der Waals surface area contributed by atoms with E-state index in [0.29, 0.717) is 50.4 Å². The fourth-order valence-corrected chi connectivity index (χ4v) is 4.82. The highest BCUT2D eigenvalue weighted by Crippen LogP contribution is 2.27. The van der Waals surface area contributed by atoms with E-state index < -0.39 is 16.1 Å². The first-order valence-corrected chi connectivity index (χ1v) is 11.7. The normalized spacial score (nSPS) is 16.2. The molecule has 0 N–H and O–H groups in total. The van der Waals surface area contributed by atoms with Crippen molar-refractivity contribution >= 4 is 27.6 Å². The van der Waals surface area contributed by atoms with Crippen molar-refractivity contribution in [3.05, 3.63) is 24.3 Å². The Kier molecular flexibility index (Phi) is 7.89. The molecule has 0 aromatic heterocycles. The number of hydrogen-bond donors (Lipinski definition) is 0. The lowest BCUT2D eigenvalue weighted by Crippen LogP contribution is -2.52. The largest absolute Gasteiger partial charge is 0.494 e. The first-order valence-electron chi connectivity index (χ1n) is 9.81. The van der Waals surface area contributed by atoms with Crippen molar-refractivity contribution in [1.29, 1.82) is 0 Å². The number of carbonyl (C=O) groups is 2. The molecule has 8 nitrogen and oxygen atoms in total. The van der Waals surface area contributed by atoms with Gasteiger partial charge in [-0.2, -0.15) is 0 Å². The number of esters is 1. The molecular weight excluding hydrogens is 396 g/mol. The molecule has 1 unspecified atom stereocenters. The van der Waals surface area contributed by atoms with Crippen LogP contribution >= 0.6 is 0 Å². The van der Waals surface area contributed by atoms with E-state index in [1.165, 1.54) is 11.4 Å². The molecule has 1 amide bonds. The van der Waals surface area contributed by atoms with Gasteiger partial charge in [0.15, 0.2) is 0 Å². The molecule has 9 heteroatoms. The van der Waals surface area contributed by atoms with Crippen molar-refractivity contribution in [3.8, 4) is 5.75 Å². The lowest BCUT2D eigenvalue weighted by molar-refractivity contribution is -0.149. The van der Waals surface area contributed by atoms with E-state index in [9.17, 15) is 18.0 Å². The van der Waals surface area contributed by atoms with E-state index in [0.717, 1.165) is 6.26 Å². The van der Waals surface area contributed by atoms with Gasteiger partial charge in [-0.25, -0.2) is 8.42 Å². The van der Waals surface area contributed by atoms with E-state index in [1.807, 2.05) is 6.92 Å². The van der Waals surface area contributed by atoms with Gasteiger partial charge in [0.1, 0.15) is 11.8 Å². The number of hydrogen-bond acceptors (Lipinski definition) is 6. The zero-order valence-corrected chi connectivity index (χ0v) is 18.3. The number of rotatable bonds is 8. The van der Waals surface area contributed by atoms with Crippen LogP contribution in [0.15, 0.2) is 24.3 Å². The van der Waals surface area contributed by atoms with Crippen molar-refractivity contribution < 1.29 is 27.5 Å². The molecule has 162 valence electrons. The maximum absolute atomic E-state index is 13.2. The molecular formula is C20H30N2O6S. The van der Waals surface area contributed by atoms with Crippen molar-refractivity contribution in [2.75, 3.05) is 37.4 Å². The van der Waals surface area contributed by atoms with Gasteiger partial charge in [0.25, 0.3) is 0 Å². The number of sulfonamides is 1. The number of carbonyl (C=O) groups excluding carboxylic acids is 2. The lowest BCUT2D eigenvalue weighted by Gasteiger charge is -2.37. The fraction of sp³-hybridized carbons (Fsp3) is 0.600. The second-order valence-corrected chi connectivity index (χ2v) is 8.89. The Morgan fingerprint density at radius 2 is 1.76 bits per heavy atom. The predicted octanol–water partition coefficient (Wildman–Crippen LogP) is 2.04. The summed E-state index contributed by atoms with van der Waals surface area (Å²) in [6, 6.07) is 5.82. The first-order chi connectivity index (χ1) is 13.7. The zero-order valence-electron chi connectivity index (χ0n) is 17.5. The van der Waals surface area contributed by atoms with Gasteiger partial charge in [-0.3, -0.25) is 13.9 Å². The molecule has 1 aliphatic rings. The van der Waals surface area contributed by atoms with E-state index in [4.69, 9.17) is 9.47 Å². The smallest absolute Gasteiger partial charge is 0.308 e. The Hall–Kier alpha value is -2.29. The van der Waals surface area contributed by atoms with Gasteiger partial charge < -0.3 is 14.4 Å². The molecule has 0 saturated carbocycles. The third-order valence-corrected chi connectivity index (χ3v) is 6.24. The van der Waals surface area contributed by atoms with Crippen LogP contribution in [-0.2, 0) is 24.3 Å². The topological polar surface area (TPSA) is 93.2 Å². The maximum Gasteiger partial charge on any atom is 0.308 e. The number of likely N-dealkylation sites (tertiary alicyclic amines) is 1. The molecule has 1 fully saturated rings. The molecule has 1 aliphatic heterocycles. The monoisotopic (exact) mass is 426 g/mol. The molecule has 29 heavy (non-hydrogen) atoms. The summed E-state index contributed by atoms with van der Waals surface area (Å²) in [5.41, 5.74) is 0.417. The number of ether oxygens (including phenoxy) is 2. The summed E-state index contributed by atoms with van der Waals surface area (Å²) in [7, 11) is -2.34. The minimum absolute atomic E-state index is 0.221. The molecule has 2 rings (SSSR count). The fourth-order valence-electron chi connectivity index (χ4n) is 3.61. The quantitative estimate of drug-likeness (QED) is 0.591. The van der Waals surface area contributed by atoms with Crippen LogP contribution in [0, 0.1) is 5.92 Å². The number of nitrogens with zero attached hydrogens (tertiary/aromatic N) is 2. The summed E-state index contributed by atoms with van der Waals surface area (Å²) in [5.74, 6) is -0.110. The Balaban J connectivity index is 2.23. The highest BCUT2D eigenvalue weighted by Gasteiger charge is 2.36. The molecule has 1 atom stereocenters. The average Bonchev–Trinajstić information content (AvgIpc) is 2.71. The molecule has 1 aromatic carbocycles. The maximum atomic E-state index is 13.2. The third-order valence-electron chi connectivity index (χ3n) is 5.06. The van der Waals surface area contributed by atoms with Crippen LogP contribution in [0.4, 0.5) is 5.69 Å². The van der Waals surface area contributed by atoms with Gasteiger partial charge in [0, 0.05) is 13.1 Å². The SMILES string of the molecule is CCOc1ccc(N(C(CC)C(=O)N2CCC(C(=O)OC)CC2)S(C)(=O)=O)cc1. The van der Waals surface area contributed by atoms with Crippen molar-refractivity contribution in [3.63, 3.8) is 0 Å². The number of methoxy groups -OCH3 is 1. The predicted molar refractivity (Wildman–Crippen MR) is 110 cm³/mol. The van der Waals surface area contributed by atoms with Gasteiger partial charge in [-0.1, -0.05) is 6.92 Å². The summed E-state index contributed by atoms with van der Waals surface area (Å²) in [6.45, 7) is 4.96. The Morgan fingerprint density at radius 3 is 2.21 bits per heavy atom. The van der Waals surface area contributed by atoms with Gasteiger partial charge >= 0.3 is 5.97 Å². The molecule has 1 saturated heterocycles. The van der Waals surface area contributed by atoms with Crippen LogP contribution in [0.5, 0.6) is 5.75 Å². The molecule has 0 aliphatic carbocycles. The summed E-state index contributed by atoms with van der Waals surface area (Å²) in [4.78, 5) is 26.5. The average molecular weight is 427 g/mol. The zero-order chi connectivity index (χ0) is 21.6. The number of amides is 1. The van der Waals surface area contributed by atoms with E-state index in [-0.39, 0.29) is 17.8 Å². The van der Waals surface area contributed by atoms with Crippen LogP contribution in [0.1, 0.15) is 33.1 Å². The van der Waals surface area contributed by atoms with Crippen LogP contribution in [0.25, 0.3) is 0 Å². The summed E-state index contributed by atoms with van der Waals surface area (Å²) >= 11 is 0. The van der Waals surface area contributed by atoms with Crippen molar-refractivity contribution in [2.45, 2.75) is 39.2 Å². The number of benzene rings is 1. The molecule has 0 bridgehead atoms. The van der Waals surface area contributed by atoms with Crippen LogP contribution in [0.2, 0.25) is 0 Å². The van der Waals surface area contributed by atoms with Crippen LogP contribution < -0.4 is 9.04 Å². The third kappa shape index (κ3) is 5.62. The summed E-state index contributed by atoms with van der Waals surface area (Å²) < 4.78 is 36.5. The number of anilines is 1. The second-order valence-electron chi connectivity index (χ2n) is 7.03. The second kappa shape index (κ2) is 9.96. The van der Waals surface area contributed by atoms with E-state index in [1.54, 1.807) is 36.1 Å². The lowest BCUT2D eigenvalue weighted by atomic mass is 9.96. The van der Waals surface area contributed by atoms with E-state index >= 15 is 0 Å². The highest BCUT2D eigenvalue weighted by atomic mass is 32.2. The van der Waals surface area contributed by atoms with Gasteiger partial charge in [-0.15, -0.1) is 0 Å². The molecule has 1 aromatic rings. The van der Waals surface area contributed by atoms with Crippen molar-refractivity contribution in [1.82, 2.24) is 4.90 Å². The number of piperidine rings is 1. The first kappa shape index (κ1) is 23.0. The van der Waals surface area contributed by atoms with Gasteiger partial charge in [0.05, 0.1) is 31.6 Å². The minimum atomic E-state index is -3.70. The van der Waals surface area contributed by atoms with Crippen molar-refractivity contribution in [2.24, 2.45) is 5.92 Å². The van der Waals surface area contributed by atoms with Gasteiger partial charge in [-0.05, 0) is 50.5 Å². The highest BCUT2D eigenvalue weighted by molar-refractivity contribution is 7.92. The Morgan fingerprint density at radius 1 is 1.17 bits per heavy atom. The Labute approximate surface area is 172 Å². The standard InChI is InChI=1S/C20H30N2O6S/c1-5-18(19(23)21-13-11-15(12-14-21)20(24)27-3)22(29(4,25)26)16-7-9-17(10-8-16)28-6-2/h7-10,15,18H,5-6,11-14H2,1-4H3. The molecule has 1 heterocycles. The molecule has 0 radical (unpaired) electrons. The summed E-state index contributed by atoms with van der Waals surface area (Å²) in [6.07, 6.45) is 2.45. The van der Waals surface area contributed by atoms with Crippen LogP contribution in [-0.4, -0.2) is 64.3 Å². The van der Waals surface area contributed by atoms with Gasteiger partial charge in [0.2, 0.25) is 15.9 Å².